The number of carbonyl (C=O) groups excluding carboxylic acids is 1. The molecule has 1 amide bonds. The van der Waals surface area contributed by atoms with E-state index in [1.165, 1.54) is 6.92 Å². The molecular weight excluding hydrogens is 228 g/mol. The summed E-state index contributed by atoms with van der Waals surface area (Å²) in [4.78, 5) is 11.6. The Balaban J connectivity index is 2.63. The van der Waals surface area contributed by atoms with Crippen LogP contribution in [0.15, 0.2) is 0 Å². The highest BCUT2D eigenvalue weighted by Crippen LogP contribution is 2.19. The third-order valence-electron chi connectivity index (χ3n) is 2.40. The van der Waals surface area contributed by atoms with E-state index < -0.39 is 26.5 Å². The van der Waals surface area contributed by atoms with Gasteiger partial charge in [0.05, 0.1) is 5.75 Å². The van der Waals surface area contributed by atoms with Gasteiger partial charge in [-0.15, -0.1) is 0 Å². The first-order valence-corrected chi connectivity index (χ1v) is 7.14. The van der Waals surface area contributed by atoms with Crippen LogP contribution in [0.2, 0.25) is 0 Å². The van der Waals surface area contributed by atoms with Gasteiger partial charge in [-0.1, -0.05) is 0 Å². The van der Waals surface area contributed by atoms with Crippen molar-refractivity contribution in [2.24, 2.45) is 5.73 Å². The standard InChI is InChI=1S/C10H20N2O3S/c1-7(9(13)12-8-4-5-8)16(14,15)6-10(2,3)11/h7-8H,4-6,11H2,1-3H3,(H,12,13). The molecule has 0 bridgehead atoms. The second-order valence-corrected chi connectivity index (χ2v) is 7.54. The van der Waals surface area contributed by atoms with Crippen molar-refractivity contribution in [3.63, 3.8) is 0 Å². The van der Waals surface area contributed by atoms with Crippen molar-refractivity contribution in [2.75, 3.05) is 5.75 Å². The molecule has 0 saturated heterocycles. The molecule has 1 aliphatic carbocycles. The Kier molecular flexibility index (Phi) is 3.64. The largest absolute Gasteiger partial charge is 0.352 e. The molecule has 16 heavy (non-hydrogen) atoms. The van der Waals surface area contributed by atoms with Crippen LogP contribution in [0, 0.1) is 0 Å². The Labute approximate surface area is 96.7 Å². The second-order valence-electron chi connectivity index (χ2n) is 5.22. The number of hydrogen-bond donors (Lipinski definition) is 2. The average Bonchev–Trinajstić information content (AvgIpc) is 2.82. The zero-order valence-electron chi connectivity index (χ0n) is 9.99. The molecule has 3 N–H and O–H groups in total. The highest BCUT2D eigenvalue weighted by Gasteiger charge is 2.34. The zero-order valence-corrected chi connectivity index (χ0v) is 10.8. The van der Waals surface area contributed by atoms with E-state index in [9.17, 15) is 13.2 Å². The molecule has 94 valence electrons. The number of rotatable bonds is 5. The van der Waals surface area contributed by atoms with Crippen LogP contribution >= 0.6 is 0 Å². The van der Waals surface area contributed by atoms with Gasteiger partial charge in [-0.2, -0.15) is 0 Å². The lowest BCUT2D eigenvalue weighted by molar-refractivity contribution is -0.120. The molecule has 1 unspecified atom stereocenters. The fraction of sp³-hybridized carbons (Fsp3) is 0.900. The summed E-state index contributed by atoms with van der Waals surface area (Å²) in [5, 5.41) is 1.67. The first kappa shape index (κ1) is 13.4. The van der Waals surface area contributed by atoms with Crippen LogP contribution in [-0.2, 0) is 14.6 Å². The molecule has 1 aliphatic rings. The maximum absolute atomic E-state index is 11.8. The van der Waals surface area contributed by atoms with Crippen molar-refractivity contribution < 1.29 is 13.2 Å². The summed E-state index contributed by atoms with van der Waals surface area (Å²) >= 11 is 0. The fourth-order valence-corrected chi connectivity index (χ4v) is 3.03. The smallest absolute Gasteiger partial charge is 0.238 e. The minimum atomic E-state index is -3.47. The normalized spacial score (nSPS) is 19.2. The third-order valence-corrected chi connectivity index (χ3v) is 4.84. The minimum Gasteiger partial charge on any atom is -0.352 e. The molecule has 1 atom stereocenters. The molecule has 0 aromatic heterocycles. The number of nitrogens with two attached hydrogens (primary N) is 1. The summed E-state index contributed by atoms with van der Waals surface area (Å²) in [5.41, 5.74) is 4.85. The van der Waals surface area contributed by atoms with Gasteiger partial charge in [-0.05, 0) is 33.6 Å². The summed E-state index contributed by atoms with van der Waals surface area (Å²) in [6.07, 6.45) is 1.89. The van der Waals surface area contributed by atoms with Crippen LogP contribution in [0.25, 0.3) is 0 Å². The Bertz CT molecular complexity index is 366. The van der Waals surface area contributed by atoms with Crippen molar-refractivity contribution in [1.82, 2.24) is 5.32 Å². The van der Waals surface area contributed by atoms with E-state index in [2.05, 4.69) is 5.32 Å². The van der Waals surface area contributed by atoms with E-state index in [0.717, 1.165) is 12.8 Å². The van der Waals surface area contributed by atoms with Crippen molar-refractivity contribution >= 4 is 15.7 Å². The Hall–Kier alpha value is -0.620. The first-order valence-electron chi connectivity index (χ1n) is 5.43. The lowest BCUT2D eigenvalue weighted by atomic mass is 10.1. The van der Waals surface area contributed by atoms with Crippen LogP contribution in [0.5, 0.6) is 0 Å². The van der Waals surface area contributed by atoms with Gasteiger partial charge in [-0.25, -0.2) is 8.42 Å². The summed E-state index contributed by atoms with van der Waals surface area (Å²) < 4.78 is 23.7. The fourth-order valence-electron chi connectivity index (χ4n) is 1.35. The highest BCUT2D eigenvalue weighted by molar-refractivity contribution is 7.92. The van der Waals surface area contributed by atoms with Gasteiger partial charge in [0.1, 0.15) is 5.25 Å². The van der Waals surface area contributed by atoms with Crippen LogP contribution in [0.4, 0.5) is 0 Å². The lowest BCUT2D eigenvalue weighted by Crippen LogP contribution is -2.47. The Morgan fingerprint density at radius 3 is 2.38 bits per heavy atom. The van der Waals surface area contributed by atoms with Crippen molar-refractivity contribution in [3.8, 4) is 0 Å². The van der Waals surface area contributed by atoms with Gasteiger partial charge in [0.25, 0.3) is 0 Å². The maximum Gasteiger partial charge on any atom is 0.238 e. The number of hydrogen-bond acceptors (Lipinski definition) is 4. The first-order chi connectivity index (χ1) is 7.12. The van der Waals surface area contributed by atoms with E-state index in [-0.39, 0.29) is 11.8 Å². The van der Waals surface area contributed by atoms with Gasteiger partial charge in [0.15, 0.2) is 9.84 Å². The molecule has 6 heteroatoms. The highest BCUT2D eigenvalue weighted by atomic mass is 32.2. The quantitative estimate of drug-likeness (QED) is 0.705. The monoisotopic (exact) mass is 248 g/mol. The van der Waals surface area contributed by atoms with Crippen LogP contribution in [-0.4, -0.2) is 36.9 Å². The molecule has 0 spiro atoms. The van der Waals surface area contributed by atoms with Crippen LogP contribution in [0.3, 0.4) is 0 Å². The number of amides is 1. The molecule has 1 saturated carbocycles. The maximum atomic E-state index is 11.8. The van der Waals surface area contributed by atoms with Gasteiger partial charge >= 0.3 is 0 Å². The predicted octanol–water partition coefficient (Wildman–Crippen LogP) is -0.194. The molecular formula is C10H20N2O3S. The van der Waals surface area contributed by atoms with E-state index in [1.54, 1.807) is 13.8 Å². The SMILES string of the molecule is CC(C(=O)NC1CC1)S(=O)(=O)CC(C)(C)N. The van der Waals surface area contributed by atoms with Gasteiger partial charge in [0, 0.05) is 11.6 Å². The second kappa shape index (κ2) is 4.33. The van der Waals surface area contributed by atoms with E-state index in [4.69, 9.17) is 5.73 Å². The molecule has 0 aromatic carbocycles. The number of sulfone groups is 1. The molecule has 0 aromatic rings. The predicted molar refractivity (Wildman–Crippen MR) is 62.7 cm³/mol. The average molecular weight is 248 g/mol. The van der Waals surface area contributed by atoms with Crippen molar-refractivity contribution in [1.29, 1.82) is 0 Å². The van der Waals surface area contributed by atoms with Crippen molar-refractivity contribution in [2.45, 2.75) is 50.4 Å². The molecule has 0 aliphatic heterocycles. The van der Waals surface area contributed by atoms with Gasteiger partial charge in [0.2, 0.25) is 5.91 Å². The third kappa shape index (κ3) is 4.09. The van der Waals surface area contributed by atoms with Gasteiger partial charge in [-0.3, -0.25) is 4.79 Å². The van der Waals surface area contributed by atoms with Crippen LogP contribution < -0.4 is 11.1 Å². The summed E-state index contributed by atoms with van der Waals surface area (Å²) in [7, 11) is -3.47. The Morgan fingerprint density at radius 2 is 2.00 bits per heavy atom. The van der Waals surface area contributed by atoms with Gasteiger partial charge < -0.3 is 11.1 Å². The van der Waals surface area contributed by atoms with Crippen LogP contribution in [0.1, 0.15) is 33.6 Å². The summed E-state index contributed by atoms with van der Waals surface area (Å²) in [6, 6.07) is 0.177. The summed E-state index contributed by atoms with van der Waals surface area (Å²) in [6.45, 7) is 4.69. The molecule has 0 radical (unpaired) electrons. The topological polar surface area (TPSA) is 89.3 Å². The molecule has 1 rings (SSSR count). The number of carbonyl (C=O) groups is 1. The summed E-state index contributed by atoms with van der Waals surface area (Å²) in [5.74, 6) is -0.592. The van der Waals surface area contributed by atoms with E-state index >= 15 is 0 Å². The van der Waals surface area contributed by atoms with Crippen molar-refractivity contribution in [3.05, 3.63) is 0 Å². The van der Waals surface area contributed by atoms with E-state index in [0.29, 0.717) is 0 Å². The Morgan fingerprint density at radius 1 is 1.50 bits per heavy atom. The molecule has 0 heterocycles. The zero-order chi connectivity index (χ0) is 12.6. The molecule has 5 nitrogen and oxygen atoms in total. The lowest BCUT2D eigenvalue weighted by Gasteiger charge is -2.21. The van der Waals surface area contributed by atoms with E-state index in [1.807, 2.05) is 0 Å². The number of nitrogens with one attached hydrogen (secondary N) is 1. The molecule has 1 fully saturated rings. The minimum absolute atomic E-state index is 0.177.